The Bertz CT molecular complexity index is 1840. The molecule has 0 spiro atoms. The van der Waals surface area contributed by atoms with Crippen LogP contribution in [0.25, 0.3) is 33.4 Å². The van der Waals surface area contributed by atoms with Crippen LogP contribution in [0.1, 0.15) is 64.7 Å². The van der Waals surface area contributed by atoms with Gasteiger partial charge in [-0.25, -0.2) is 18.7 Å². The summed E-state index contributed by atoms with van der Waals surface area (Å²) in [5, 5.41) is 0.0555. The second-order valence-electron chi connectivity index (χ2n) is 10.7. The monoisotopic (exact) mass is 566 g/mol. The highest BCUT2D eigenvalue weighted by atomic mass is 19.1. The highest BCUT2D eigenvalue weighted by molar-refractivity contribution is 6.13. The van der Waals surface area contributed by atoms with Gasteiger partial charge < -0.3 is 9.15 Å². The van der Waals surface area contributed by atoms with Crippen LogP contribution >= 0.6 is 0 Å². The van der Waals surface area contributed by atoms with E-state index in [0.29, 0.717) is 33.8 Å². The van der Waals surface area contributed by atoms with Gasteiger partial charge in [-0.3, -0.25) is 9.59 Å². The van der Waals surface area contributed by atoms with Gasteiger partial charge in [-0.05, 0) is 85.5 Å². The van der Waals surface area contributed by atoms with Gasteiger partial charge >= 0.3 is 0 Å². The van der Waals surface area contributed by atoms with Crippen LogP contribution in [0.2, 0.25) is 0 Å². The Hall–Kier alpha value is -4.72. The lowest BCUT2D eigenvalue weighted by Crippen LogP contribution is -2.17. The first-order valence-electron chi connectivity index (χ1n) is 13.8. The number of aromatic nitrogens is 2. The molecule has 2 heterocycles. The molecule has 0 bridgehead atoms. The normalized spacial score (nSPS) is 13.7. The molecule has 1 aliphatic rings. The fraction of sp³-hybridized carbons (Fsp3) is 0.235. The predicted molar refractivity (Wildman–Crippen MR) is 155 cm³/mol. The zero-order valence-corrected chi connectivity index (χ0v) is 23.5. The zero-order chi connectivity index (χ0) is 29.6. The predicted octanol–water partition coefficient (Wildman–Crippen LogP) is 8.05. The molecule has 0 unspecified atom stereocenters. The lowest BCUT2D eigenvalue weighted by molar-refractivity contribution is 0.0963. The summed E-state index contributed by atoms with van der Waals surface area (Å²) in [5.74, 6) is -0.288. The first-order valence-corrected chi connectivity index (χ1v) is 13.8. The summed E-state index contributed by atoms with van der Waals surface area (Å²) in [6, 6.07) is 13.8. The van der Waals surface area contributed by atoms with E-state index in [1.54, 1.807) is 49.6 Å². The van der Waals surface area contributed by atoms with Crippen molar-refractivity contribution >= 4 is 22.5 Å². The van der Waals surface area contributed by atoms with Crippen LogP contribution in [0, 0.1) is 18.6 Å². The van der Waals surface area contributed by atoms with Crippen molar-refractivity contribution in [2.24, 2.45) is 0 Å². The van der Waals surface area contributed by atoms with Gasteiger partial charge in [0.25, 0.3) is 0 Å². The molecular weight excluding hydrogens is 538 g/mol. The maximum absolute atomic E-state index is 16.5. The van der Waals surface area contributed by atoms with Gasteiger partial charge in [-0.15, -0.1) is 0 Å². The Kier molecular flexibility index (Phi) is 6.93. The van der Waals surface area contributed by atoms with Crippen molar-refractivity contribution in [3.05, 3.63) is 101 Å². The molecule has 6 rings (SSSR count). The minimum absolute atomic E-state index is 0.0555. The SMILES string of the molecule is CCC(=O)c1c(-c2ccc(F)cc2)oc2ccc(-c3cc(C(=O)CC4(c5ncccn5)CC4)c(OC)cc3C)c(F)c12. The minimum Gasteiger partial charge on any atom is -0.496 e. The summed E-state index contributed by atoms with van der Waals surface area (Å²) in [4.78, 5) is 35.6. The number of ketones is 2. The third-order valence-corrected chi connectivity index (χ3v) is 8.03. The largest absolute Gasteiger partial charge is 0.496 e. The van der Waals surface area contributed by atoms with Crippen LogP contribution in [0.3, 0.4) is 0 Å². The molecule has 6 nitrogen and oxygen atoms in total. The fourth-order valence-electron chi connectivity index (χ4n) is 5.57. The molecule has 0 saturated heterocycles. The van der Waals surface area contributed by atoms with Crippen LogP contribution < -0.4 is 4.74 Å². The number of aryl methyl sites for hydroxylation is 1. The van der Waals surface area contributed by atoms with Crippen molar-refractivity contribution in [3.63, 3.8) is 0 Å². The van der Waals surface area contributed by atoms with Gasteiger partial charge in [0.05, 0.1) is 23.6 Å². The molecule has 2 aromatic heterocycles. The van der Waals surface area contributed by atoms with Crippen molar-refractivity contribution in [1.82, 2.24) is 9.97 Å². The number of Topliss-reactive ketones (excluding diaryl/α,β-unsaturated/α-hetero) is 2. The Labute approximate surface area is 241 Å². The number of fused-ring (bicyclic) bond motifs is 1. The number of rotatable bonds is 9. The Morgan fingerprint density at radius 3 is 2.33 bits per heavy atom. The molecule has 0 aliphatic heterocycles. The van der Waals surface area contributed by atoms with Gasteiger partial charge in [0, 0.05) is 41.8 Å². The molecule has 212 valence electrons. The van der Waals surface area contributed by atoms with Crippen LogP contribution in [0.4, 0.5) is 8.78 Å². The van der Waals surface area contributed by atoms with Crippen molar-refractivity contribution < 1.29 is 27.5 Å². The van der Waals surface area contributed by atoms with Gasteiger partial charge in [-0.2, -0.15) is 0 Å². The molecule has 42 heavy (non-hydrogen) atoms. The first-order chi connectivity index (χ1) is 20.3. The molecule has 1 aliphatic carbocycles. The Morgan fingerprint density at radius 2 is 1.69 bits per heavy atom. The van der Waals surface area contributed by atoms with Crippen molar-refractivity contribution in [3.8, 4) is 28.2 Å². The average molecular weight is 567 g/mol. The van der Waals surface area contributed by atoms with E-state index in [1.807, 2.05) is 6.92 Å². The molecular formula is C34H28F2N2O4. The summed E-state index contributed by atoms with van der Waals surface area (Å²) in [7, 11) is 1.50. The molecule has 0 radical (unpaired) electrons. The van der Waals surface area contributed by atoms with E-state index < -0.39 is 17.0 Å². The average Bonchev–Trinajstić information content (AvgIpc) is 3.68. The number of carbonyl (C=O) groups is 2. The number of benzene rings is 3. The molecule has 3 aromatic carbocycles. The zero-order valence-electron chi connectivity index (χ0n) is 23.5. The van der Waals surface area contributed by atoms with Gasteiger partial charge in [0.15, 0.2) is 11.6 Å². The third-order valence-electron chi connectivity index (χ3n) is 8.03. The topological polar surface area (TPSA) is 82.3 Å². The van der Waals surface area contributed by atoms with E-state index in [1.165, 1.54) is 31.4 Å². The van der Waals surface area contributed by atoms with Crippen molar-refractivity contribution in [2.75, 3.05) is 7.11 Å². The standard InChI is InChI=1S/C34H28F2N2O4/c1-4-25(39)29-30-27(42-32(29)20-6-8-21(35)9-7-20)11-10-22(31(30)36)23-17-24(28(41-3)16-19(23)2)26(40)18-34(12-13-34)33-37-14-5-15-38-33/h5-11,14-17H,4,12-13,18H2,1-3H3. The number of nitrogens with zero attached hydrogens (tertiary/aromatic N) is 2. The maximum Gasteiger partial charge on any atom is 0.167 e. The Balaban J connectivity index is 1.47. The highest BCUT2D eigenvalue weighted by Gasteiger charge is 2.48. The van der Waals surface area contributed by atoms with E-state index >= 15 is 4.39 Å². The van der Waals surface area contributed by atoms with Crippen molar-refractivity contribution in [2.45, 2.75) is 44.9 Å². The quantitative estimate of drug-likeness (QED) is 0.168. The van der Waals surface area contributed by atoms with Gasteiger partial charge in [0.1, 0.15) is 34.6 Å². The van der Waals surface area contributed by atoms with Crippen LogP contribution in [-0.4, -0.2) is 28.6 Å². The van der Waals surface area contributed by atoms with E-state index in [0.717, 1.165) is 12.8 Å². The van der Waals surface area contributed by atoms with Crippen LogP contribution in [-0.2, 0) is 5.41 Å². The lowest BCUT2D eigenvalue weighted by Gasteiger charge is -2.17. The smallest absolute Gasteiger partial charge is 0.167 e. The minimum atomic E-state index is -0.635. The number of hydrogen-bond donors (Lipinski definition) is 0. The number of carbonyl (C=O) groups excluding carboxylic acids is 2. The number of furan rings is 1. The van der Waals surface area contributed by atoms with Gasteiger partial charge in [0.2, 0.25) is 0 Å². The number of methoxy groups -OCH3 is 1. The number of hydrogen-bond acceptors (Lipinski definition) is 6. The second kappa shape index (κ2) is 10.6. The van der Waals surface area contributed by atoms with E-state index in [2.05, 4.69) is 9.97 Å². The van der Waals surface area contributed by atoms with E-state index in [-0.39, 0.29) is 52.3 Å². The molecule has 1 saturated carbocycles. The summed E-state index contributed by atoms with van der Waals surface area (Å²) in [6.45, 7) is 3.50. The lowest BCUT2D eigenvalue weighted by atomic mass is 9.90. The molecule has 5 aromatic rings. The summed E-state index contributed by atoms with van der Waals surface area (Å²) in [5.41, 5.74) is 2.12. The van der Waals surface area contributed by atoms with Crippen LogP contribution in [0.15, 0.2) is 71.4 Å². The molecule has 0 atom stereocenters. The summed E-state index contributed by atoms with van der Waals surface area (Å²) in [6.07, 6.45) is 5.28. The maximum atomic E-state index is 16.5. The van der Waals surface area contributed by atoms with Crippen molar-refractivity contribution in [1.29, 1.82) is 0 Å². The summed E-state index contributed by atoms with van der Waals surface area (Å²) >= 11 is 0. The second-order valence-corrected chi connectivity index (χ2v) is 10.7. The van der Waals surface area contributed by atoms with Gasteiger partial charge in [-0.1, -0.05) is 6.92 Å². The first kappa shape index (κ1) is 27.4. The third kappa shape index (κ3) is 4.66. The fourth-order valence-corrected chi connectivity index (χ4v) is 5.57. The molecule has 8 heteroatoms. The molecule has 1 fully saturated rings. The number of halogens is 2. The Morgan fingerprint density at radius 1 is 0.976 bits per heavy atom. The highest BCUT2D eigenvalue weighted by Crippen LogP contribution is 2.50. The molecule has 0 N–H and O–H groups in total. The van der Waals surface area contributed by atoms with E-state index in [4.69, 9.17) is 9.15 Å². The number of ether oxygens (including phenoxy) is 1. The summed E-state index contributed by atoms with van der Waals surface area (Å²) < 4.78 is 41.7. The molecule has 0 amide bonds. The van der Waals surface area contributed by atoms with E-state index in [9.17, 15) is 14.0 Å². The van der Waals surface area contributed by atoms with Crippen LogP contribution in [0.5, 0.6) is 5.75 Å².